The number of nitrogens with zero attached hydrogens (tertiary/aromatic N) is 3. The molecule has 0 aliphatic carbocycles. The molecule has 0 spiro atoms. The van der Waals surface area contributed by atoms with E-state index in [1.54, 1.807) is 24.5 Å². The molecule has 0 saturated carbocycles. The van der Waals surface area contributed by atoms with Crippen LogP contribution in [0.2, 0.25) is 5.02 Å². The first kappa shape index (κ1) is 26.5. The largest absolute Gasteiger partial charge is 0.503 e. The predicted molar refractivity (Wildman–Crippen MR) is 150 cm³/mol. The average Bonchev–Trinajstić information content (AvgIpc) is 2.91. The molecule has 2 aromatic heterocycles. The molecule has 5 rings (SSSR count). The van der Waals surface area contributed by atoms with E-state index >= 15 is 0 Å². The van der Waals surface area contributed by atoms with Gasteiger partial charge < -0.3 is 25.4 Å². The number of phenols is 1. The molecule has 3 N–H and O–H groups in total. The maximum Gasteiger partial charge on any atom is 0.176 e. The predicted octanol–water partition coefficient (Wildman–Crippen LogP) is 5.44. The highest BCUT2D eigenvalue weighted by Gasteiger charge is 2.17. The number of anilines is 3. The summed E-state index contributed by atoms with van der Waals surface area (Å²) in [4.78, 5) is 23.9. The third-order valence-corrected chi connectivity index (χ3v) is 6.58. The number of aromatic nitrogens is 2. The highest BCUT2D eigenvalue weighted by molar-refractivity contribution is 6.32. The number of carbonyl (C=O) groups excluding carboxylic acids is 1. The van der Waals surface area contributed by atoms with Crippen LogP contribution in [-0.4, -0.2) is 54.1 Å². The van der Waals surface area contributed by atoms with Gasteiger partial charge in [-0.2, -0.15) is 0 Å². The molecule has 8 nitrogen and oxygen atoms in total. The summed E-state index contributed by atoms with van der Waals surface area (Å²) in [6, 6.07) is 13.1. The summed E-state index contributed by atoms with van der Waals surface area (Å²) in [5.41, 5.74) is 4.23. The van der Waals surface area contributed by atoms with Crippen molar-refractivity contribution in [3.05, 3.63) is 65.4 Å². The fraction of sp³-hybridized carbons (Fsp3) is 0.222. The van der Waals surface area contributed by atoms with Crippen LogP contribution in [-0.2, 0) is 0 Å². The molecule has 1 fully saturated rings. The summed E-state index contributed by atoms with van der Waals surface area (Å²) in [5, 5.41) is 17.8. The summed E-state index contributed by atoms with van der Waals surface area (Å²) in [6.07, 6.45) is 3.37. The Morgan fingerprint density at radius 3 is 2.54 bits per heavy atom. The third kappa shape index (κ3) is 5.41. The molecule has 192 valence electrons. The second kappa shape index (κ2) is 11.2. The monoisotopic (exact) mass is 539 g/mol. The molecule has 10 heteroatoms. The zero-order chi connectivity index (χ0) is 25.2. The Bertz CT molecular complexity index is 1440. The van der Waals surface area contributed by atoms with Crippen LogP contribution in [0.25, 0.3) is 22.0 Å². The highest BCUT2D eigenvalue weighted by atomic mass is 35.5. The second-order valence-corrected chi connectivity index (χ2v) is 9.02. The normalized spacial score (nSPS) is 13.2. The molecule has 1 aliphatic heterocycles. The van der Waals surface area contributed by atoms with Crippen molar-refractivity contribution in [1.29, 1.82) is 0 Å². The Hall–Kier alpha value is -3.59. The molecule has 1 aliphatic rings. The van der Waals surface area contributed by atoms with Crippen molar-refractivity contribution in [2.75, 3.05) is 43.5 Å². The Balaban J connectivity index is 0.00000320. The first-order chi connectivity index (χ1) is 17.4. The van der Waals surface area contributed by atoms with Gasteiger partial charge in [0.15, 0.2) is 17.3 Å². The van der Waals surface area contributed by atoms with Crippen LogP contribution in [0.3, 0.4) is 0 Å². The minimum Gasteiger partial charge on any atom is -0.503 e. The molecule has 0 radical (unpaired) electrons. The Morgan fingerprint density at radius 2 is 1.86 bits per heavy atom. The lowest BCUT2D eigenvalue weighted by atomic mass is 10.00. The number of carbonyl (C=O) groups is 1. The van der Waals surface area contributed by atoms with Crippen LogP contribution in [0.15, 0.2) is 54.9 Å². The lowest BCUT2D eigenvalue weighted by Gasteiger charge is -2.28. The number of piperazine rings is 1. The van der Waals surface area contributed by atoms with Gasteiger partial charge in [0, 0.05) is 37.8 Å². The van der Waals surface area contributed by atoms with Gasteiger partial charge in [0.1, 0.15) is 5.82 Å². The number of aromatic hydroxyl groups is 1. The summed E-state index contributed by atoms with van der Waals surface area (Å²) in [6.45, 7) is 5.23. The average molecular weight is 540 g/mol. The Kier molecular flexibility index (Phi) is 8.02. The number of rotatable bonds is 6. The van der Waals surface area contributed by atoms with Crippen molar-refractivity contribution in [2.45, 2.75) is 6.92 Å². The number of ether oxygens (including phenoxy) is 1. The van der Waals surface area contributed by atoms with E-state index in [1.807, 2.05) is 30.3 Å². The molecular formula is C27H27Cl2N5O3. The topological polar surface area (TPSA) is 99.6 Å². The van der Waals surface area contributed by atoms with E-state index < -0.39 is 0 Å². The Labute approximate surface area is 226 Å². The lowest BCUT2D eigenvalue weighted by Crippen LogP contribution is -2.43. The van der Waals surface area contributed by atoms with E-state index in [0.717, 1.165) is 59.7 Å². The molecule has 1 saturated heterocycles. The van der Waals surface area contributed by atoms with Gasteiger partial charge in [-0.05, 0) is 54.4 Å². The van der Waals surface area contributed by atoms with Gasteiger partial charge in [0.2, 0.25) is 0 Å². The van der Waals surface area contributed by atoms with Gasteiger partial charge in [-0.3, -0.25) is 9.78 Å². The maximum atomic E-state index is 12.5. The van der Waals surface area contributed by atoms with Crippen LogP contribution in [0, 0.1) is 0 Å². The third-order valence-electron chi connectivity index (χ3n) is 6.29. The fourth-order valence-corrected chi connectivity index (χ4v) is 4.57. The minimum absolute atomic E-state index is 0. The van der Waals surface area contributed by atoms with Gasteiger partial charge in [-0.1, -0.05) is 17.7 Å². The molecular weight excluding hydrogens is 513 g/mol. The molecule has 0 unspecified atom stereocenters. The van der Waals surface area contributed by atoms with Crippen molar-refractivity contribution in [3.63, 3.8) is 0 Å². The van der Waals surface area contributed by atoms with E-state index in [4.69, 9.17) is 16.3 Å². The fourth-order valence-electron chi connectivity index (χ4n) is 4.36. The van der Waals surface area contributed by atoms with Gasteiger partial charge in [-0.25, -0.2) is 4.98 Å². The molecule has 37 heavy (non-hydrogen) atoms. The van der Waals surface area contributed by atoms with Gasteiger partial charge >= 0.3 is 0 Å². The van der Waals surface area contributed by atoms with E-state index in [9.17, 15) is 9.90 Å². The summed E-state index contributed by atoms with van der Waals surface area (Å²) >= 11 is 6.23. The number of Topliss-reactive ketones (excluding diaryl/α,β-unsaturated/α-hetero) is 1. The van der Waals surface area contributed by atoms with E-state index in [1.165, 1.54) is 14.0 Å². The zero-order valence-corrected chi connectivity index (χ0v) is 22.0. The number of benzene rings is 2. The number of hydrogen-bond donors (Lipinski definition) is 3. The number of hydrogen-bond acceptors (Lipinski definition) is 8. The zero-order valence-electron chi connectivity index (χ0n) is 20.4. The standard InChI is InChI=1S/C27H26ClN5O3.ClH/c1-16(34)21-15-30-23-5-3-17(18-12-22(28)27(35)24(13-18)36-2)11-20(23)26(21)32-19-4-6-25(31-14-19)33-9-7-29-8-10-33;/h3-6,11-15,29,35H,7-10H2,1-2H3,(H,30,32);1H. The SMILES string of the molecule is COc1cc(-c2ccc3ncc(C(C)=O)c(Nc4ccc(N5CCNCC5)nc4)c3c2)cc(Cl)c1O.Cl. The first-order valence-electron chi connectivity index (χ1n) is 11.6. The van der Waals surface area contributed by atoms with Crippen molar-refractivity contribution >= 4 is 57.9 Å². The number of ketones is 1. The van der Waals surface area contributed by atoms with Crippen LogP contribution in [0.4, 0.5) is 17.2 Å². The van der Waals surface area contributed by atoms with E-state index in [-0.39, 0.29) is 34.7 Å². The van der Waals surface area contributed by atoms with Crippen LogP contribution >= 0.6 is 24.0 Å². The van der Waals surface area contributed by atoms with Gasteiger partial charge in [0.25, 0.3) is 0 Å². The number of methoxy groups -OCH3 is 1. The van der Waals surface area contributed by atoms with Crippen LogP contribution in [0.1, 0.15) is 17.3 Å². The number of nitrogens with one attached hydrogen (secondary N) is 2. The van der Waals surface area contributed by atoms with E-state index in [2.05, 4.69) is 25.5 Å². The molecule has 3 heterocycles. The lowest BCUT2D eigenvalue weighted by molar-refractivity contribution is 0.101. The van der Waals surface area contributed by atoms with E-state index in [0.29, 0.717) is 11.3 Å². The number of fused-ring (bicyclic) bond motifs is 1. The van der Waals surface area contributed by atoms with Gasteiger partial charge in [0.05, 0.1) is 40.8 Å². The smallest absolute Gasteiger partial charge is 0.176 e. The van der Waals surface area contributed by atoms with Crippen molar-refractivity contribution < 1.29 is 14.6 Å². The first-order valence-corrected chi connectivity index (χ1v) is 12.0. The molecule has 2 aromatic carbocycles. The summed E-state index contributed by atoms with van der Waals surface area (Å²) < 4.78 is 5.26. The molecule has 0 bridgehead atoms. The van der Waals surface area contributed by atoms with Crippen molar-refractivity contribution in [3.8, 4) is 22.6 Å². The van der Waals surface area contributed by atoms with Crippen LogP contribution < -0.4 is 20.3 Å². The number of phenolic OH excluding ortho intramolecular Hbond substituents is 1. The highest BCUT2D eigenvalue weighted by Crippen LogP contribution is 2.40. The maximum absolute atomic E-state index is 12.5. The second-order valence-electron chi connectivity index (χ2n) is 8.61. The number of pyridine rings is 2. The van der Waals surface area contributed by atoms with Crippen molar-refractivity contribution in [2.24, 2.45) is 0 Å². The summed E-state index contributed by atoms with van der Waals surface area (Å²) in [7, 11) is 1.47. The Morgan fingerprint density at radius 1 is 1.08 bits per heavy atom. The quantitative estimate of drug-likeness (QED) is 0.278. The molecule has 0 amide bonds. The molecule has 0 atom stereocenters. The van der Waals surface area contributed by atoms with Crippen molar-refractivity contribution in [1.82, 2.24) is 15.3 Å². The van der Waals surface area contributed by atoms with Crippen LogP contribution in [0.5, 0.6) is 11.5 Å². The summed E-state index contributed by atoms with van der Waals surface area (Å²) in [5.74, 6) is 0.997. The minimum atomic E-state index is -0.108. The molecule has 4 aromatic rings. The van der Waals surface area contributed by atoms with Gasteiger partial charge in [-0.15, -0.1) is 12.4 Å². The number of halogens is 2.